The van der Waals surface area contributed by atoms with E-state index in [9.17, 15) is 23.2 Å². The lowest BCUT2D eigenvalue weighted by Gasteiger charge is -2.26. The Kier molecular flexibility index (Phi) is 9.55. The van der Waals surface area contributed by atoms with Crippen LogP contribution < -0.4 is 20.1 Å². The van der Waals surface area contributed by atoms with Crippen LogP contribution in [0.25, 0.3) is 0 Å². The zero-order valence-electron chi connectivity index (χ0n) is 20.0. The third kappa shape index (κ3) is 7.90. The van der Waals surface area contributed by atoms with E-state index in [4.69, 9.17) is 10.5 Å². The van der Waals surface area contributed by atoms with Gasteiger partial charge in [-0.15, -0.1) is 24.9 Å². The minimum absolute atomic E-state index is 0.0524. The minimum Gasteiger partial charge on any atom is -0.492 e. The zero-order valence-corrected chi connectivity index (χ0v) is 20.8. The van der Waals surface area contributed by atoms with Crippen molar-refractivity contribution in [3.05, 3.63) is 29.3 Å². The first kappa shape index (κ1) is 28.0. The number of nitrogens with two attached hydrogens (primary N) is 1. The van der Waals surface area contributed by atoms with Gasteiger partial charge in [-0.25, -0.2) is 4.98 Å². The van der Waals surface area contributed by atoms with E-state index in [2.05, 4.69) is 14.7 Å². The molecule has 2 rings (SSSR count). The first-order chi connectivity index (χ1) is 16.4. The van der Waals surface area contributed by atoms with Crippen LogP contribution >= 0.6 is 11.8 Å². The molecule has 1 atom stereocenters. The highest BCUT2D eigenvalue weighted by atomic mass is 32.2. The molecular formula is C22H27F3N6O3S. The van der Waals surface area contributed by atoms with Crippen molar-refractivity contribution in [3.63, 3.8) is 0 Å². The Morgan fingerprint density at radius 1 is 1.29 bits per heavy atom. The van der Waals surface area contributed by atoms with Crippen LogP contribution in [0.5, 0.6) is 11.5 Å². The standard InChI is InChI=1S/C22H27F3N6O3S/c1-13(31(4)19-16(12-26)20(35-5)29-21(27)28-19)17(32)11-14-10-15(34-22(23,24)25)6-7-18(14)33-9-8-30(2)3/h6-7,10,13H,8-9,11H2,1-5H3,(H2,27,28,29)/t13-/m0/s1. The van der Waals surface area contributed by atoms with Crippen LogP contribution in [-0.4, -0.2) is 73.6 Å². The molecule has 0 fully saturated rings. The number of hydrogen-bond donors (Lipinski definition) is 1. The van der Waals surface area contributed by atoms with Gasteiger partial charge in [0.05, 0.1) is 6.04 Å². The number of anilines is 2. The van der Waals surface area contributed by atoms with Crippen LogP contribution in [0.4, 0.5) is 24.9 Å². The molecule has 0 aliphatic carbocycles. The van der Waals surface area contributed by atoms with Crippen LogP contribution in [0.1, 0.15) is 18.1 Å². The zero-order chi connectivity index (χ0) is 26.3. The second-order valence-corrected chi connectivity index (χ2v) is 8.60. The molecule has 0 aliphatic heterocycles. The van der Waals surface area contributed by atoms with Gasteiger partial charge in [-0.2, -0.15) is 10.2 Å². The maximum absolute atomic E-state index is 13.2. The number of halogens is 3. The van der Waals surface area contributed by atoms with Gasteiger partial charge in [-0.05, 0) is 45.5 Å². The highest BCUT2D eigenvalue weighted by Crippen LogP contribution is 2.31. The highest BCUT2D eigenvalue weighted by molar-refractivity contribution is 7.98. The number of benzene rings is 1. The van der Waals surface area contributed by atoms with E-state index in [0.29, 0.717) is 11.6 Å². The summed E-state index contributed by atoms with van der Waals surface area (Å²) in [5.74, 6) is -0.398. The van der Waals surface area contributed by atoms with Crippen LogP contribution in [0.2, 0.25) is 0 Å². The summed E-state index contributed by atoms with van der Waals surface area (Å²) in [7, 11) is 5.28. The maximum Gasteiger partial charge on any atom is 0.573 e. The number of aromatic nitrogens is 2. The van der Waals surface area contributed by atoms with E-state index < -0.39 is 18.2 Å². The number of likely N-dealkylation sites (N-methyl/N-ethyl adjacent to an activating group) is 2. The van der Waals surface area contributed by atoms with Crippen molar-refractivity contribution in [1.82, 2.24) is 14.9 Å². The first-order valence-corrected chi connectivity index (χ1v) is 11.6. The topological polar surface area (TPSA) is 118 Å². The summed E-state index contributed by atoms with van der Waals surface area (Å²) in [5.41, 5.74) is 6.18. The number of nitrogens with zero attached hydrogens (tertiary/aromatic N) is 5. The fourth-order valence-electron chi connectivity index (χ4n) is 3.05. The number of Topliss-reactive ketones (excluding diaryl/α,β-unsaturated/α-hetero) is 1. The van der Waals surface area contributed by atoms with E-state index in [1.807, 2.05) is 25.1 Å². The summed E-state index contributed by atoms with van der Waals surface area (Å²) >= 11 is 1.22. The molecule has 1 aromatic heterocycles. The van der Waals surface area contributed by atoms with Crippen LogP contribution in [0.15, 0.2) is 23.2 Å². The number of nitriles is 1. The number of rotatable bonds is 11. The molecule has 0 unspecified atom stereocenters. The molecule has 35 heavy (non-hydrogen) atoms. The second-order valence-electron chi connectivity index (χ2n) is 7.80. The molecule has 0 bridgehead atoms. The average molecular weight is 513 g/mol. The molecular weight excluding hydrogens is 485 g/mol. The van der Waals surface area contributed by atoms with Gasteiger partial charge in [0.2, 0.25) is 5.95 Å². The molecule has 2 N–H and O–H groups in total. The lowest BCUT2D eigenvalue weighted by Crippen LogP contribution is -2.38. The number of ether oxygens (including phenoxy) is 2. The quantitative estimate of drug-likeness (QED) is 0.355. The average Bonchev–Trinajstić information content (AvgIpc) is 2.77. The van der Waals surface area contributed by atoms with Crippen molar-refractivity contribution >= 4 is 29.3 Å². The molecule has 9 nitrogen and oxygen atoms in total. The summed E-state index contributed by atoms with van der Waals surface area (Å²) in [6.45, 7) is 2.44. The number of ketones is 1. The fourth-order valence-corrected chi connectivity index (χ4v) is 3.58. The van der Waals surface area contributed by atoms with Crippen molar-refractivity contribution < 1.29 is 27.4 Å². The summed E-state index contributed by atoms with van der Waals surface area (Å²) in [4.78, 5) is 24.7. The molecule has 0 saturated carbocycles. The fraction of sp³-hybridized carbons (Fsp3) is 0.455. The molecule has 0 amide bonds. The Morgan fingerprint density at radius 3 is 2.54 bits per heavy atom. The van der Waals surface area contributed by atoms with Gasteiger partial charge in [0.15, 0.2) is 11.6 Å². The predicted molar refractivity (Wildman–Crippen MR) is 127 cm³/mol. The molecule has 1 aromatic carbocycles. The summed E-state index contributed by atoms with van der Waals surface area (Å²) < 4.78 is 47.9. The highest BCUT2D eigenvalue weighted by Gasteiger charge is 2.32. The Bertz CT molecular complexity index is 1090. The second kappa shape index (κ2) is 11.9. The minimum atomic E-state index is -4.88. The number of alkyl halides is 3. The summed E-state index contributed by atoms with van der Waals surface area (Å²) in [6.07, 6.45) is -3.39. The molecule has 0 spiro atoms. The van der Waals surface area contributed by atoms with Crippen molar-refractivity contribution in [2.24, 2.45) is 0 Å². The summed E-state index contributed by atoms with van der Waals surface area (Å²) in [6, 6.07) is 4.85. The van der Waals surface area contributed by atoms with Crippen LogP contribution in [-0.2, 0) is 11.2 Å². The molecule has 2 aromatic rings. The van der Waals surface area contributed by atoms with Gasteiger partial charge in [-0.1, -0.05) is 0 Å². The number of nitrogen functional groups attached to an aromatic ring is 1. The SMILES string of the molecule is CSc1nc(N)nc(N(C)[C@@H](C)C(=O)Cc2cc(OC(F)(F)F)ccc2OCCN(C)C)c1C#N. The van der Waals surface area contributed by atoms with Crippen LogP contribution in [0.3, 0.4) is 0 Å². The Morgan fingerprint density at radius 2 is 1.97 bits per heavy atom. The number of carbonyl (C=O) groups excluding carboxylic acids is 1. The van der Waals surface area contributed by atoms with Crippen molar-refractivity contribution in [2.75, 3.05) is 51.2 Å². The van der Waals surface area contributed by atoms with Gasteiger partial charge in [0, 0.05) is 25.6 Å². The van der Waals surface area contributed by atoms with Crippen molar-refractivity contribution in [3.8, 4) is 17.6 Å². The normalized spacial score (nSPS) is 12.2. The molecule has 1 heterocycles. The number of hydrogen-bond acceptors (Lipinski definition) is 10. The third-order valence-electron chi connectivity index (χ3n) is 4.99. The van der Waals surface area contributed by atoms with E-state index in [0.717, 1.165) is 12.1 Å². The van der Waals surface area contributed by atoms with Crippen LogP contribution in [0, 0.1) is 11.3 Å². The largest absolute Gasteiger partial charge is 0.573 e. The van der Waals surface area contributed by atoms with E-state index in [1.165, 1.54) is 22.7 Å². The van der Waals surface area contributed by atoms with E-state index >= 15 is 0 Å². The third-order valence-corrected chi connectivity index (χ3v) is 5.67. The molecule has 0 radical (unpaired) electrons. The van der Waals surface area contributed by atoms with Crippen molar-refractivity contribution in [1.29, 1.82) is 5.26 Å². The molecule has 0 aliphatic rings. The Balaban J connectivity index is 2.33. The number of carbonyl (C=O) groups is 1. The lowest BCUT2D eigenvalue weighted by atomic mass is 10.0. The monoisotopic (exact) mass is 512 g/mol. The maximum atomic E-state index is 13.2. The van der Waals surface area contributed by atoms with Gasteiger partial charge in [0.1, 0.15) is 34.8 Å². The molecule has 0 saturated heterocycles. The first-order valence-electron chi connectivity index (χ1n) is 10.4. The predicted octanol–water partition coefficient (Wildman–Crippen LogP) is 3.13. The van der Waals surface area contributed by atoms with E-state index in [-0.39, 0.29) is 47.5 Å². The molecule has 190 valence electrons. The van der Waals surface area contributed by atoms with Gasteiger partial charge < -0.3 is 25.0 Å². The van der Waals surface area contributed by atoms with Gasteiger partial charge in [0.25, 0.3) is 0 Å². The van der Waals surface area contributed by atoms with Gasteiger partial charge in [-0.3, -0.25) is 4.79 Å². The smallest absolute Gasteiger partial charge is 0.492 e. The summed E-state index contributed by atoms with van der Waals surface area (Å²) in [5, 5.41) is 9.96. The lowest BCUT2D eigenvalue weighted by molar-refractivity contribution is -0.274. The van der Waals surface area contributed by atoms with Gasteiger partial charge >= 0.3 is 6.36 Å². The Labute approximate surface area is 206 Å². The number of thioether (sulfide) groups is 1. The molecule has 13 heteroatoms. The van der Waals surface area contributed by atoms with Crippen molar-refractivity contribution in [2.45, 2.75) is 30.8 Å². The van der Waals surface area contributed by atoms with E-state index in [1.54, 1.807) is 20.2 Å². The Hall–Kier alpha value is -3.24.